The Balaban J connectivity index is 1.63. The van der Waals surface area contributed by atoms with Gasteiger partial charge in [0, 0.05) is 16.7 Å². The van der Waals surface area contributed by atoms with Crippen molar-refractivity contribution in [1.82, 2.24) is 4.68 Å². The summed E-state index contributed by atoms with van der Waals surface area (Å²) in [5.74, 6) is 1.30. The average molecular weight is 447 g/mol. The van der Waals surface area contributed by atoms with Gasteiger partial charge in [0.05, 0.1) is 17.1 Å². The van der Waals surface area contributed by atoms with Gasteiger partial charge in [-0.3, -0.25) is 4.79 Å². The summed E-state index contributed by atoms with van der Waals surface area (Å²) in [6, 6.07) is 14.0. The normalized spacial score (nSPS) is 18.7. The van der Waals surface area contributed by atoms with Crippen molar-refractivity contribution >= 4 is 34.3 Å². The second-order valence-electron chi connectivity index (χ2n) is 8.51. The predicted octanol–water partition coefficient (Wildman–Crippen LogP) is 5.50. The molecular formula is C25H26N4O2S. The van der Waals surface area contributed by atoms with Gasteiger partial charge in [-0.25, -0.2) is 9.67 Å². The number of aromatic nitrogens is 1. The van der Waals surface area contributed by atoms with Gasteiger partial charge < -0.3 is 10.1 Å². The first-order valence-electron chi connectivity index (χ1n) is 11.0. The van der Waals surface area contributed by atoms with Gasteiger partial charge in [0.25, 0.3) is 5.91 Å². The van der Waals surface area contributed by atoms with Crippen LogP contribution in [0.25, 0.3) is 11.3 Å². The molecule has 1 saturated carbocycles. The van der Waals surface area contributed by atoms with E-state index in [0.717, 1.165) is 46.1 Å². The maximum atomic E-state index is 11.8. The second kappa shape index (κ2) is 8.74. The minimum Gasteiger partial charge on any atom is -0.482 e. The Morgan fingerprint density at radius 2 is 1.97 bits per heavy atom. The molecule has 32 heavy (non-hydrogen) atoms. The molecule has 2 heterocycles. The van der Waals surface area contributed by atoms with Crippen LogP contribution in [-0.2, 0) is 4.79 Å². The Kier molecular flexibility index (Phi) is 5.66. The molecule has 2 aliphatic rings. The van der Waals surface area contributed by atoms with Crippen molar-refractivity contribution in [3.63, 3.8) is 0 Å². The van der Waals surface area contributed by atoms with E-state index in [0.29, 0.717) is 11.4 Å². The maximum Gasteiger partial charge on any atom is 0.262 e. The molecule has 0 saturated heterocycles. The van der Waals surface area contributed by atoms with Crippen molar-refractivity contribution < 1.29 is 9.53 Å². The van der Waals surface area contributed by atoms with Crippen LogP contribution in [0.4, 0.5) is 11.4 Å². The highest BCUT2D eigenvalue weighted by Crippen LogP contribution is 2.33. The summed E-state index contributed by atoms with van der Waals surface area (Å²) in [5, 5.41) is 10.1. The van der Waals surface area contributed by atoms with Crippen LogP contribution >= 0.6 is 11.3 Å². The highest BCUT2D eigenvalue weighted by molar-refractivity contribution is 7.07. The molecule has 0 spiro atoms. The van der Waals surface area contributed by atoms with Crippen LogP contribution in [0.5, 0.6) is 5.75 Å². The van der Waals surface area contributed by atoms with E-state index >= 15 is 0 Å². The van der Waals surface area contributed by atoms with E-state index in [2.05, 4.69) is 30.6 Å². The summed E-state index contributed by atoms with van der Waals surface area (Å²) >= 11 is 1.57. The third kappa shape index (κ3) is 4.25. The standard InChI is InChI=1S/C25H26N4O2S/c1-16-7-10-19(11-8-16)28-29-22(15-32-25(29)27-20-6-4-3-5-17(20)2)18-9-12-23-21(13-18)26-24(30)14-31-23/h3-6,9,12-13,15-16H,7-8,10-11,14H2,1-2H3,(H,26,30). The van der Waals surface area contributed by atoms with Crippen LogP contribution < -0.4 is 14.9 Å². The molecule has 164 valence electrons. The Labute approximate surface area is 191 Å². The van der Waals surface area contributed by atoms with E-state index in [1.54, 1.807) is 11.3 Å². The Bertz CT molecular complexity index is 1260. The fraction of sp³-hybridized carbons (Fsp3) is 0.320. The van der Waals surface area contributed by atoms with Crippen molar-refractivity contribution in [1.29, 1.82) is 0 Å². The summed E-state index contributed by atoms with van der Waals surface area (Å²) in [6.07, 6.45) is 4.37. The molecule has 0 unspecified atom stereocenters. The number of ether oxygens (including phenoxy) is 1. The molecule has 0 radical (unpaired) electrons. The minimum atomic E-state index is -0.139. The van der Waals surface area contributed by atoms with E-state index < -0.39 is 0 Å². The lowest BCUT2D eigenvalue weighted by Crippen LogP contribution is -2.25. The Hall–Kier alpha value is -3.19. The first-order valence-corrected chi connectivity index (χ1v) is 11.9. The molecule has 1 N–H and O–H groups in total. The van der Waals surface area contributed by atoms with Gasteiger partial charge in [-0.05, 0) is 68.4 Å². The third-order valence-electron chi connectivity index (χ3n) is 6.02. The number of aryl methyl sites for hydroxylation is 1. The molecular weight excluding hydrogens is 420 g/mol. The lowest BCUT2D eigenvalue weighted by Gasteiger charge is -2.20. The van der Waals surface area contributed by atoms with Gasteiger partial charge in [-0.2, -0.15) is 5.10 Å². The molecule has 1 aromatic heterocycles. The monoisotopic (exact) mass is 446 g/mol. The van der Waals surface area contributed by atoms with Crippen LogP contribution in [0.2, 0.25) is 0 Å². The molecule has 5 rings (SSSR count). The van der Waals surface area contributed by atoms with Gasteiger partial charge >= 0.3 is 0 Å². The van der Waals surface area contributed by atoms with Crippen molar-refractivity contribution in [3.05, 3.63) is 58.2 Å². The SMILES string of the molecule is Cc1ccccc1N=c1scc(-c2ccc3c(c2)NC(=O)CO3)n1N=C1CCC(C)CC1. The second-order valence-corrected chi connectivity index (χ2v) is 9.35. The van der Waals surface area contributed by atoms with Gasteiger partial charge in [-0.1, -0.05) is 25.1 Å². The zero-order valence-corrected chi connectivity index (χ0v) is 19.1. The molecule has 1 fully saturated rings. The largest absolute Gasteiger partial charge is 0.482 e. The number of rotatable bonds is 3. The fourth-order valence-electron chi connectivity index (χ4n) is 4.04. The lowest BCUT2D eigenvalue weighted by molar-refractivity contribution is -0.118. The molecule has 3 aromatic rings. The smallest absolute Gasteiger partial charge is 0.262 e. The molecule has 0 bridgehead atoms. The van der Waals surface area contributed by atoms with Gasteiger partial charge in [0.1, 0.15) is 5.75 Å². The number of amides is 1. The summed E-state index contributed by atoms with van der Waals surface area (Å²) < 4.78 is 7.49. The number of nitrogens with one attached hydrogen (secondary N) is 1. The summed E-state index contributed by atoms with van der Waals surface area (Å²) in [5.41, 5.74) is 5.89. The van der Waals surface area contributed by atoms with Gasteiger partial charge in [0.15, 0.2) is 6.61 Å². The summed E-state index contributed by atoms with van der Waals surface area (Å²) in [6.45, 7) is 4.43. The van der Waals surface area contributed by atoms with Crippen LogP contribution in [-0.4, -0.2) is 22.9 Å². The number of anilines is 1. The molecule has 1 aliphatic heterocycles. The lowest BCUT2D eigenvalue weighted by atomic mass is 9.90. The Morgan fingerprint density at radius 3 is 2.78 bits per heavy atom. The van der Waals surface area contributed by atoms with Crippen molar-refractivity contribution in [2.24, 2.45) is 16.0 Å². The van der Waals surface area contributed by atoms with Gasteiger partial charge in [0.2, 0.25) is 4.80 Å². The van der Waals surface area contributed by atoms with Crippen LogP contribution in [0, 0.1) is 12.8 Å². The van der Waals surface area contributed by atoms with Gasteiger partial charge in [-0.15, -0.1) is 11.3 Å². The number of fused-ring (bicyclic) bond motifs is 1. The molecule has 6 nitrogen and oxygen atoms in total. The maximum absolute atomic E-state index is 11.8. The highest BCUT2D eigenvalue weighted by atomic mass is 32.1. The van der Waals surface area contributed by atoms with E-state index in [4.69, 9.17) is 14.8 Å². The van der Waals surface area contributed by atoms with Crippen LogP contribution in [0.3, 0.4) is 0 Å². The highest BCUT2D eigenvalue weighted by Gasteiger charge is 2.19. The van der Waals surface area contributed by atoms with Crippen LogP contribution in [0.15, 0.2) is 57.9 Å². The van der Waals surface area contributed by atoms with E-state index in [9.17, 15) is 4.79 Å². The zero-order chi connectivity index (χ0) is 22.1. The molecule has 2 aromatic carbocycles. The third-order valence-corrected chi connectivity index (χ3v) is 6.83. The van der Waals surface area contributed by atoms with Crippen molar-refractivity contribution in [2.45, 2.75) is 39.5 Å². The quantitative estimate of drug-likeness (QED) is 0.577. The number of carbonyl (C=O) groups is 1. The summed E-state index contributed by atoms with van der Waals surface area (Å²) in [7, 11) is 0. The number of hydrogen-bond acceptors (Lipinski definition) is 5. The predicted molar refractivity (Wildman–Crippen MR) is 129 cm³/mol. The number of benzene rings is 2. The number of hydrogen-bond donors (Lipinski definition) is 1. The average Bonchev–Trinajstić information content (AvgIpc) is 3.18. The first-order chi connectivity index (χ1) is 15.6. The zero-order valence-electron chi connectivity index (χ0n) is 18.3. The van der Waals surface area contributed by atoms with E-state index in [-0.39, 0.29) is 12.5 Å². The number of nitrogens with zero attached hydrogens (tertiary/aromatic N) is 3. The number of carbonyl (C=O) groups excluding carboxylic acids is 1. The molecule has 7 heteroatoms. The van der Waals surface area contributed by atoms with E-state index in [1.807, 2.05) is 41.1 Å². The summed E-state index contributed by atoms with van der Waals surface area (Å²) in [4.78, 5) is 17.6. The number of thiazole rings is 1. The topological polar surface area (TPSA) is 68.0 Å². The van der Waals surface area contributed by atoms with E-state index in [1.165, 1.54) is 18.6 Å². The molecule has 1 aliphatic carbocycles. The number of para-hydroxylation sites is 1. The minimum absolute atomic E-state index is 0.0519. The van der Waals surface area contributed by atoms with Crippen molar-refractivity contribution in [3.8, 4) is 17.0 Å². The van der Waals surface area contributed by atoms with Crippen molar-refractivity contribution in [2.75, 3.05) is 11.9 Å². The Morgan fingerprint density at radius 1 is 1.16 bits per heavy atom. The molecule has 0 atom stereocenters. The molecule has 1 amide bonds. The van der Waals surface area contributed by atoms with Crippen LogP contribution in [0.1, 0.15) is 38.2 Å². The first kappa shape index (κ1) is 20.7. The fourth-order valence-corrected chi connectivity index (χ4v) is 4.89.